The van der Waals surface area contributed by atoms with Crippen molar-refractivity contribution < 1.29 is 14.3 Å². The predicted molar refractivity (Wildman–Crippen MR) is 70.1 cm³/mol. The highest BCUT2D eigenvalue weighted by Gasteiger charge is 2.25. The zero-order valence-corrected chi connectivity index (χ0v) is 12.2. The van der Waals surface area contributed by atoms with Crippen molar-refractivity contribution in [2.75, 3.05) is 7.11 Å². The summed E-state index contributed by atoms with van der Waals surface area (Å²) in [6.07, 6.45) is 0. The summed E-state index contributed by atoms with van der Waals surface area (Å²) in [5, 5.41) is 2.67. The first-order chi connectivity index (χ1) is 7.95. The Labute approximate surface area is 112 Å². The van der Waals surface area contributed by atoms with Crippen LogP contribution < -0.4 is 5.32 Å². The van der Waals surface area contributed by atoms with Crippen molar-refractivity contribution in [3.63, 3.8) is 0 Å². The minimum Gasteiger partial charge on any atom is -0.467 e. The maximum Gasteiger partial charge on any atom is 0.328 e. The number of rotatable bonds is 4. The van der Waals surface area contributed by atoms with Crippen LogP contribution in [0, 0.1) is 5.92 Å². The van der Waals surface area contributed by atoms with E-state index in [0.29, 0.717) is 4.88 Å². The van der Waals surface area contributed by atoms with Crippen LogP contribution in [0.5, 0.6) is 0 Å². The van der Waals surface area contributed by atoms with Gasteiger partial charge in [-0.15, -0.1) is 11.3 Å². The van der Waals surface area contributed by atoms with Gasteiger partial charge in [0.2, 0.25) is 0 Å². The van der Waals surface area contributed by atoms with Gasteiger partial charge >= 0.3 is 5.97 Å². The first-order valence-corrected chi connectivity index (χ1v) is 6.70. The van der Waals surface area contributed by atoms with E-state index in [2.05, 4.69) is 26.0 Å². The van der Waals surface area contributed by atoms with Gasteiger partial charge in [0.05, 0.1) is 15.8 Å². The third-order valence-electron chi connectivity index (χ3n) is 2.21. The molecule has 1 amide bonds. The van der Waals surface area contributed by atoms with Crippen LogP contribution >= 0.6 is 27.3 Å². The minimum atomic E-state index is -0.617. The van der Waals surface area contributed by atoms with E-state index < -0.39 is 12.0 Å². The topological polar surface area (TPSA) is 55.4 Å². The molecule has 0 radical (unpaired) electrons. The number of hydrogen-bond donors (Lipinski definition) is 1. The molecule has 1 atom stereocenters. The quantitative estimate of drug-likeness (QED) is 0.867. The molecule has 1 N–H and O–H groups in total. The Morgan fingerprint density at radius 2 is 2.06 bits per heavy atom. The summed E-state index contributed by atoms with van der Waals surface area (Å²) in [6.45, 7) is 3.71. The van der Waals surface area contributed by atoms with Crippen LogP contribution in [0.25, 0.3) is 0 Å². The Kier molecular flexibility index (Phi) is 5.14. The molecule has 0 aliphatic heterocycles. The van der Waals surface area contributed by atoms with Gasteiger partial charge in [-0.05, 0) is 34.0 Å². The lowest BCUT2D eigenvalue weighted by atomic mass is 10.0. The van der Waals surface area contributed by atoms with E-state index in [-0.39, 0.29) is 11.8 Å². The average molecular weight is 320 g/mol. The molecule has 6 heteroatoms. The van der Waals surface area contributed by atoms with Gasteiger partial charge in [-0.3, -0.25) is 4.79 Å². The Morgan fingerprint density at radius 3 is 2.47 bits per heavy atom. The van der Waals surface area contributed by atoms with Crippen LogP contribution in [0.3, 0.4) is 0 Å². The van der Waals surface area contributed by atoms with Crippen LogP contribution in [0.2, 0.25) is 0 Å². The van der Waals surface area contributed by atoms with Crippen LogP contribution in [0.15, 0.2) is 15.9 Å². The molecule has 0 saturated heterocycles. The molecule has 1 unspecified atom stereocenters. The second-order valence-corrected chi connectivity index (χ2v) is 6.29. The van der Waals surface area contributed by atoms with Gasteiger partial charge in [-0.25, -0.2) is 4.79 Å². The zero-order chi connectivity index (χ0) is 13.0. The van der Waals surface area contributed by atoms with Gasteiger partial charge < -0.3 is 10.1 Å². The number of hydrogen-bond acceptors (Lipinski definition) is 4. The Bertz CT molecular complexity index is 417. The third-order valence-corrected chi connectivity index (χ3v) is 3.83. The molecule has 0 spiro atoms. The molecular formula is C11H14BrNO3S. The standard InChI is InChI=1S/C11H14BrNO3S/c1-6(2)9(11(15)16-3)13-10(14)7-4-5-8(12)17-7/h4-6,9H,1-3H3,(H,13,14). The SMILES string of the molecule is COC(=O)C(NC(=O)c1ccc(Br)s1)C(C)C. The molecule has 0 aliphatic rings. The number of thiophene rings is 1. The fourth-order valence-corrected chi connectivity index (χ4v) is 2.56. The predicted octanol–water partition coefficient (Wildman–Crippen LogP) is 2.44. The van der Waals surface area contributed by atoms with Crippen LogP contribution in [0.4, 0.5) is 0 Å². The summed E-state index contributed by atoms with van der Waals surface area (Å²) in [4.78, 5) is 23.9. The number of amides is 1. The minimum absolute atomic E-state index is 0.0187. The summed E-state index contributed by atoms with van der Waals surface area (Å²) in [7, 11) is 1.31. The van der Waals surface area contributed by atoms with Crippen molar-refractivity contribution in [2.24, 2.45) is 5.92 Å². The monoisotopic (exact) mass is 319 g/mol. The van der Waals surface area contributed by atoms with Gasteiger partial charge in [0.25, 0.3) is 5.91 Å². The Balaban J connectivity index is 2.74. The fraction of sp³-hybridized carbons (Fsp3) is 0.455. The number of nitrogens with one attached hydrogen (secondary N) is 1. The molecule has 1 heterocycles. The maximum absolute atomic E-state index is 11.9. The highest BCUT2D eigenvalue weighted by atomic mass is 79.9. The number of carbonyl (C=O) groups excluding carboxylic acids is 2. The summed E-state index contributed by atoms with van der Waals surface area (Å²) < 4.78 is 5.53. The van der Waals surface area contributed by atoms with Crippen molar-refractivity contribution in [2.45, 2.75) is 19.9 Å². The number of ether oxygens (including phenoxy) is 1. The lowest BCUT2D eigenvalue weighted by molar-refractivity contribution is -0.144. The van der Waals surface area contributed by atoms with Crippen molar-refractivity contribution in [3.05, 3.63) is 20.8 Å². The van der Waals surface area contributed by atoms with E-state index in [1.54, 1.807) is 12.1 Å². The molecule has 0 aliphatic carbocycles. The lowest BCUT2D eigenvalue weighted by Crippen LogP contribution is -2.44. The van der Waals surface area contributed by atoms with Gasteiger partial charge in [-0.1, -0.05) is 13.8 Å². The molecule has 0 bridgehead atoms. The molecule has 1 aromatic heterocycles. The van der Waals surface area contributed by atoms with E-state index in [4.69, 9.17) is 0 Å². The van der Waals surface area contributed by atoms with Gasteiger partial charge in [0.1, 0.15) is 6.04 Å². The van der Waals surface area contributed by atoms with E-state index in [9.17, 15) is 9.59 Å². The summed E-state index contributed by atoms with van der Waals surface area (Å²) in [6, 6.07) is 2.88. The van der Waals surface area contributed by atoms with Crippen molar-refractivity contribution >= 4 is 39.1 Å². The van der Waals surface area contributed by atoms with Crippen LogP contribution in [-0.2, 0) is 9.53 Å². The average Bonchev–Trinajstić information content (AvgIpc) is 2.71. The number of halogens is 1. The van der Waals surface area contributed by atoms with Gasteiger partial charge in [0, 0.05) is 0 Å². The van der Waals surface area contributed by atoms with Gasteiger partial charge in [0.15, 0.2) is 0 Å². The lowest BCUT2D eigenvalue weighted by Gasteiger charge is -2.19. The molecule has 1 aromatic rings. The van der Waals surface area contributed by atoms with E-state index in [1.807, 2.05) is 13.8 Å². The molecule has 94 valence electrons. The molecule has 0 aromatic carbocycles. The molecule has 0 saturated carbocycles. The van der Waals surface area contributed by atoms with Crippen molar-refractivity contribution in [3.8, 4) is 0 Å². The number of methoxy groups -OCH3 is 1. The second-order valence-electron chi connectivity index (χ2n) is 3.82. The first-order valence-electron chi connectivity index (χ1n) is 5.09. The zero-order valence-electron chi connectivity index (χ0n) is 9.82. The summed E-state index contributed by atoms with van der Waals surface area (Å²) in [5.41, 5.74) is 0. The van der Waals surface area contributed by atoms with Crippen LogP contribution in [-0.4, -0.2) is 25.0 Å². The van der Waals surface area contributed by atoms with Gasteiger partial charge in [-0.2, -0.15) is 0 Å². The van der Waals surface area contributed by atoms with E-state index in [1.165, 1.54) is 18.4 Å². The smallest absolute Gasteiger partial charge is 0.328 e. The molecular weight excluding hydrogens is 306 g/mol. The first kappa shape index (κ1) is 14.2. The second kappa shape index (κ2) is 6.16. The van der Waals surface area contributed by atoms with E-state index >= 15 is 0 Å². The molecule has 4 nitrogen and oxygen atoms in total. The Morgan fingerprint density at radius 1 is 1.41 bits per heavy atom. The largest absolute Gasteiger partial charge is 0.467 e. The van der Waals surface area contributed by atoms with E-state index in [0.717, 1.165) is 3.79 Å². The van der Waals surface area contributed by atoms with Crippen molar-refractivity contribution in [1.29, 1.82) is 0 Å². The normalized spacial score (nSPS) is 12.3. The molecule has 1 rings (SSSR count). The molecule has 17 heavy (non-hydrogen) atoms. The summed E-state index contributed by atoms with van der Waals surface area (Å²) >= 11 is 4.61. The molecule has 0 fully saturated rings. The van der Waals surface area contributed by atoms with Crippen LogP contribution in [0.1, 0.15) is 23.5 Å². The highest BCUT2D eigenvalue weighted by molar-refractivity contribution is 9.11. The maximum atomic E-state index is 11.9. The highest BCUT2D eigenvalue weighted by Crippen LogP contribution is 2.22. The summed E-state index contributed by atoms with van der Waals surface area (Å²) in [5.74, 6) is -0.705. The fourth-order valence-electron chi connectivity index (χ4n) is 1.27. The Hall–Kier alpha value is -0.880. The number of esters is 1. The third kappa shape index (κ3) is 3.81. The van der Waals surface area contributed by atoms with Crippen molar-refractivity contribution in [1.82, 2.24) is 5.32 Å². The number of carbonyl (C=O) groups is 2.